The average Bonchev–Trinajstić information content (AvgIpc) is 3.08. The lowest BCUT2D eigenvalue weighted by Crippen LogP contribution is -2.34. The van der Waals surface area contributed by atoms with E-state index in [-0.39, 0.29) is 12.4 Å². The minimum Gasteiger partial charge on any atom is -0.511 e. The smallest absolute Gasteiger partial charge is 0.422 e. The van der Waals surface area contributed by atoms with Gasteiger partial charge < -0.3 is 9.84 Å². The van der Waals surface area contributed by atoms with Crippen molar-refractivity contribution in [1.82, 2.24) is 10.4 Å². The maximum Gasteiger partial charge on any atom is 0.422 e. The van der Waals surface area contributed by atoms with Crippen molar-refractivity contribution in [3.8, 4) is 0 Å². The van der Waals surface area contributed by atoms with Gasteiger partial charge in [-0.1, -0.05) is 30.3 Å². The predicted molar refractivity (Wildman–Crippen MR) is 71.3 cm³/mol. The molecule has 2 unspecified atom stereocenters. The Kier molecular flexibility index (Phi) is 3.76. The van der Waals surface area contributed by atoms with Gasteiger partial charge >= 0.3 is 6.09 Å². The van der Waals surface area contributed by atoms with Crippen LogP contribution in [0.15, 0.2) is 42.2 Å². The van der Waals surface area contributed by atoms with Gasteiger partial charge in [-0.3, -0.25) is 5.43 Å². The molecule has 2 N–H and O–H groups in total. The number of nitrogens with zero attached hydrogens (tertiary/aromatic N) is 1. The fraction of sp³-hybridized carbons (Fsp3) is 0.357. The van der Waals surface area contributed by atoms with Crippen LogP contribution in [-0.2, 0) is 11.3 Å². The number of amides is 1. The molecule has 0 saturated carbocycles. The first-order chi connectivity index (χ1) is 9.06. The standard InChI is InChI=1S/C14H18N2O3/c1-3-12(17)14(2)10-16(14)15-13(18)19-9-11-7-5-4-6-8-11/h3-8,17H,9-10H2,1-2H3,(H,15,18)/b12-3+. The van der Waals surface area contributed by atoms with Gasteiger partial charge in [-0.2, -0.15) is 0 Å². The molecule has 102 valence electrons. The third kappa shape index (κ3) is 3.06. The molecule has 1 aliphatic rings. The number of hydrogen-bond acceptors (Lipinski definition) is 4. The second-order valence-corrected chi connectivity index (χ2v) is 4.71. The zero-order chi connectivity index (χ0) is 13.9. The number of ether oxygens (including phenoxy) is 1. The minimum absolute atomic E-state index is 0.229. The highest BCUT2D eigenvalue weighted by Crippen LogP contribution is 2.35. The lowest BCUT2D eigenvalue weighted by atomic mass is 10.1. The summed E-state index contributed by atoms with van der Waals surface area (Å²) >= 11 is 0. The molecule has 1 amide bonds. The monoisotopic (exact) mass is 262 g/mol. The van der Waals surface area contributed by atoms with E-state index in [0.717, 1.165) is 5.56 Å². The topological polar surface area (TPSA) is 61.6 Å². The fourth-order valence-corrected chi connectivity index (χ4v) is 1.83. The first kappa shape index (κ1) is 13.4. The largest absolute Gasteiger partial charge is 0.511 e. The number of allylic oxidation sites excluding steroid dienone is 1. The Morgan fingerprint density at radius 3 is 2.84 bits per heavy atom. The van der Waals surface area contributed by atoms with Crippen LogP contribution in [-0.4, -0.2) is 28.3 Å². The molecule has 1 aromatic rings. The normalized spacial score (nSPS) is 25.8. The van der Waals surface area contributed by atoms with Gasteiger partial charge in [0.25, 0.3) is 0 Å². The molecule has 0 bridgehead atoms. The van der Waals surface area contributed by atoms with E-state index in [1.54, 1.807) is 18.0 Å². The Labute approximate surface area is 112 Å². The molecule has 2 atom stereocenters. The van der Waals surface area contributed by atoms with Crippen molar-refractivity contribution in [1.29, 1.82) is 0 Å². The van der Waals surface area contributed by atoms with E-state index in [4.69, 9.17) is 4.74 Å². The summed E-state index contributed by atoms with van der Waals surface area (Å²) in [5.74, 6) is 0.246. The highest BCUT2D eigenvalue weighted by molar-refractivity contribution is 5.67. The molecule has 5 nitrogen and oxygen atoms in total. The highest BCUT2D eigenvalue weighted by atomic mass is 16.6. The number of nitrogens with one attached hydrogen (secondary N) is 1. The Morgan fingerprint density at radius 2 is 2.21 bits per heavy atom. The van der Waals surface area contributed by atoms with Crippen molar-refractivity contribution in [3.05, 3.63) is 47.7 Å². The molecule has 19 heavy (non-hydrogen) atoms. The van der Waals surface area contributed by atoms with E-state index < -0.39 is 11.6 Å². The number of aliphatic hydroxyl groups is 1. The van der Waals surface area contributed by atoms with Gasteiger partial charge in [-0.05, 0) is 25.5 Å². The maximum atomic E-state index is 11.6. The van der Waals surface area contributed by atoms with Gasteiger partial charge in [-0.15, -0.1) is 0 Å². The molecular weight excluding hydrogens is 244 g/mol. The summed E-state index contributed by atoms with van der Waals surface area (Å²) in [4.78, 5) is 11.6. The number of carbonyl (C=O) groups is 1. The van der Waals surface area contributed by atoms with Crippen LogP contribution in [0.4, 0.5) is 4.79 Å². The summed E-state index contributed by atoms with van der Waals surface area (Å²) in [5, 5.41) is 11.3. The molecule has 0 spiro atoms. The van der Waals surface area contributed by atoms with E-state index in [1.165, 1.54) is 0 Å². The molecular formula is C14H18N2O3. The molecule has 1 aliphatic heterocycles. The lowest BCUT2D eigenvalue weighted by Gasteiger charge is -2.12. The number of benzene rings is 1. The van der Waals surface area contributed by atoms with E-state index in [0.29, 0.717) is 6.54 Å². The number of rotatable bonds is 4. The second kappa shape index (κ2) is 5.32. The van der Waals surface area contributed by atoms with Gasteiger partial charge in [0.15, 0.2) is 0 Å². The summed E-state index contributed by atoms with van der Waals surface area (Å²) in [5.41, 5.74) is 3.03. The zero-order valence-corrected chi connectivity index (χ0v) is 11.1. The molecule has 0 aromatic heterocycles. The quantitative estimate of drug-likeness (QED) is 0.646. The van der Waals surface area contributed by atoms with Crippen LogP contribution in [0.1, 0.15) is 19.4 Å². The van der Waals surface area contributed by atoms with Crippen LogP contribution in [0, 0.1) is 0 Å². The van der Waals surface area contributed by atoms with E-state index in [1.807, 2.05) is 37.3 Å². The Morgan fingerprint density at radius 1 is 1.53 bits per heavy atom. The maximum absolute atomic E-state index is 11.6. The Hall–Kier alpha value is -2.01. The molecule has 0 radical (unpaired) electrons. The van der Waals surface area contributed by atoms with Crippen molar-refractivity contribution in [2.45, 2.75) is 26.0 Å². The minimum atomic E-state index is -0.517. The van der Waals surface area contributed by atoms with Crippen molar-refractivity contribution in [3.63, 3.8) is 0 Å². The summed E-state index contributed by atoms with van der Waals surface area (Å²) in [6, 6.07) is 9.47. The second-order valence-electron chi connectivity index (χ2n) is 4.71. The van der Waals surface area contributed by atoms with E-state index in [9.17, 15) is 9.90 Å². The molecule has 1 aromatic carbocycles. The van der Waals surface area contributed by atoms with Crippen LogP contribution in [0.5, 0.6) is 0 Å². The van der Waals surface area contributed by atoms with Gasteiger partial charge in [0, 0.05) is 6.54 Å². The Balaban J connectivity index is 1.78. The van der Waals surface area contributed by atoms with Crippen molar-refractivity contribution in [2.24, 2.45) is 0 Å². The number of carbonyl (C=O) groups excluding carboxylic acids is 1. The van der Waals surface area contributed by atoms with E-state index >= 15 is 0 Å². The molecule has 0 aliphatic carbocycles. The van der Waals surface area contributed by atoms with Crippen LogP contribution < -0.4 is 5.43 Å². The summed E-state index contributed by atoms with van der Waals surface area (Å²) in [6.45, 7) is 4.40. The summed E-state index contributed by atoms with van der Waals surface area (Å²) in [7, 11) is 0. The van der Waals surface area contributed by atoms with Crippen molar-refractivity contribution >= 4 is 6.09 Å². The predicted octanol–water partition coefficient (Wildman–Crippen LogP) is 2.36. The van der Waals surface area contributed by atoms with Gasteiger partial charge in [-0.25, -0.2) is 9.80 Å². The number of aliphatic hydroxyl groups excluding tert-OH is 1. The average molecular weight is 262 g/mol. The first-order valence-electron chi connectivity index (χ1n) is 6.17. The van der Waals surface area contributed by atoms with Gasteiger partial charge in [0.2, 0.25) is 0 Å². The Bertz CT molecular complexity index is 487. The van der Waals surface area contributed by atoms with Gasteiger partial charge in [0.05, 0.1) is 0 Å². The van der Waals surface area contributed by atoms with Gasteiger partial charge in [0.1, 0.15) is 17.9 Å². The van der Waals surface area contributed by atoms with Crippen LogP contribution in [0.25, 0.3) is 0 Å². The van der Waals surface area contributed by atoms with Crippen LogP contribution in [0.2, 0.25) is 0 Å². The zero-order valence-electron chi connectivity index (χ0n) is 11.1. The summed E-state index contributed by atoms with van der Waals surface area (Å²) < 4.78 is 5.09. The van der Waals surface area contributed by atoms with Crippen molar-refractivity contribution in [2.75, 3.05) is 6.54 Å². The third-order valence-corrected chi connectivity index (χ3v) is 3.22. The lowest BCUT2D eigenvalue weighted by molar-refractivity contribution is 0.120. The highest BCUT2D eigenvalue weighted by Gasteiger charge is 2.52. The summed E-state index contributed by atoms with van der Waals surface area (Å²) in [6.07, 6.45) is 1.10. The number of hydrazine groups is 1. The fourth-order valence-electron chi connectivity index (χ4n) is 1.83. The first-order valence-corrected chi connectivity index (χ1v) is 6.17. The molecule has 5 heteroatoms. The molecule has 1 fully saturated rings. The SMILES string of the molecule is C/C=C(/O)C1(C)CN1NC(=O)OCc1ccccc1. The molecule has 1 heterocycles. The molecule has 1 saturated heterocycles. The van der Waals surface area contributed by atoms with Crippen molar-refractivity contribution < 1.29 is 14.6 Å². The third-order valence-electron chi connectivity index (χ3n) is 3.22. The number of hydrogen-bond donors (Lipinski definition) is 2. The van der Waals surface area contributed by atoms with Crippen LogP contribution in [0.3, 0.4) is 0 Å². The van der Waals surface area contributed by atoms with Crippen LogP contribution >= 0.6 is 0 Å². The molecule has 2 rings (SSSR count). The van der Waals surface area contributed by atoms with E-state index in [2.05, 4.69) is 5.43 Å².